The molecule has 1 saturated carbocycles. The second kappa shape index (κ2) is 6.14. The van der Waals surface area contributed by atoms with Crippen LogP contribution in [0.1, 0.15) is 25.7 Å². The van der Waals surface area contributed by atoms with Gasteiger partial charge in [0.1, 0.15) is 6.42 Å². The molecule has 2 unspecified atom stereocenters. The monoisotopic (exact) mass is 277 g/mol. The highest BCUT2D eigenvalue weighted by molar-refractivity contribution is 7.88. The number of nitrogens with one attached hydrogen (secondary N) is 2. The van der Waals surface area contributed by atoms with Gasteiger partial charge in [-0.3, -0.25) is 9.59 Å². The van der Waals surface area contributed by atoms with E-state index in [1.807, 2.05) is 0 Å². The molecule has 0 aromatic rings. The van der Waals surface area contributed by atoms with Gasteiger partial charge in [-0.2, -0.15) is 0 Å². The number of amides is 2. The molecule has 0 spiro atoms. The van der Waals surface area contributed by atoms with E-state index in [0.29, 0.717) is 6.54 Å². The molecule has 0 aromatic carbocycles. The lowest BCUT2D eigenvalue weighted by Gasteiger charge is -2.20. The summed E-state index contributed by atoms with van der Waals surface area (Å²) >= 11 is 0. The second-order valence-electron chi connectivity index (χ2n) is 4.63. The van der Waals surface area contributed by atoms with Gasteiger partial charge in [-0.1, -0.05) is 6.42 Å². The first kappa shape index (κ1) is 14.9. The van der Waals surface area contributed by atoms with E-state index in [2.05, 4.69) is 10.0 Å². The molecule has 1 rings (SSSR count). The lowest BCUT2D eigenvalue weighted by atomic mass is 10.0. The minimum Gasteiger partial charge on any atom is -0.369 e. The largest absolute Gasteiger partial charge is 0.369 e. The van der Waals surface area contributed by atoms with Gasteiger partial charge < -0.3 is 11.1 Å². The van der Waals surface area contributed by atoms with E-state index in [1.165, 1.54) is 0 Å². The first-order valence-corrected chi connectivity index (χ1v) is 7.69. The van der Waals surface area contributed by atoms with Gasteiger partial charge >= 0.3 is 0 Å². The molecule has 2 amide bonds. The van der Waals surface area contributed by atoms with Crippen LogP contribution in [-0.4, -0.2) is 39.1 Å². The molecule has 4 N–H and O–H groups in total. The van der Waals surface area contributed by atoms with Gasteiger partial charge in [-0.25, -0.2) is 13.1 Å². The predicted molar refractivity (Wildman–Crippen MR) is 65.9 cm³/mol. The molecule has 0 aliphatic heterocycles. The number of carbonyl (C=O) groups excluding carboxylic acids is 2. The molecular formula is C10H19N3O4S. The Morgan fingerprint density at radius 3 is 2.56 bits per heavy atom. The molecule has 0 aromatic heterocycles. The van der Waals surface area contributed by atoms with Crippen molar-refractivity contribution in [2.45, 2.75) is 31.7 Å². The fraction of sp³-hybridized carbons (Fsp3) is 0.800. The fourth-order valence-electron chi connectivity index (χ4n) is 2.18. The topological polar surface area (TPSA) is 118 Å². The van der Waals surface area contributed by atoms with Crippen molar-refractivity contribution in [2.24, 2.45) is 11.7 Å². The Hall–Kier alpha value is -1.15. The summed E-state index contributed by atoms with van der Waals surface area (Å²) in [6.45, 7) is 0.360. The number of sulfonamides is 1. The molecule has 0 saturated heterocycles. The van der Waals surface area contributed by atoms with Crippen molar-refractivity contribution in [1.82, 2.24) is 10.0 Å². The zero-order valence-corrected chi connectivity index (χ0v) is 11.1. The Morgan fingerprint density at radius 2 is 2.00 bits per heavy atom. The Bertz CT molecular complexity index is 421. The number of rotatable bonds is 6. The van der Waals surface area contributed by atoms with Gasteiger partial charge in [-0.15, -0.1) is 0 Å². The van der Waals surface area contributed by atoms with E-state index in [9.17, 15) is 18.0 Å². The number of hydrogen-bond acceptors (Lipinski definition) is 4. The minimum absolute atomic E-state index is 0.0663. The summed E-state index contributed by atoms with van der Waals surface area (Å²) in [5, 5.41) is 2.60. The third kappa shape index (κ3) is 5.46. The van der Waals surface area contributed by atoms with Crippen molar-refractivity contribution in [3.63, 3.8) is 0 Å². The third-order valence-corrected chi connectivity index (χ3v) is 3.65. The van der Waals surface area contributed by atoms with Crippen LogP contribution in [0.3, 0.4) is 0 Å². The molecule has 0 bridgehead atoms. The van der Waals surface area contributed by atoms with Crippen molar-refractivity contribution < 1.29 is 18.0 Å². The lowest BCUT2D eigenvalue weighted by molar-refractivity contribution is -0.127. The van der Waals surface area contributed by atoms with Crippen molar-refractivity contribution in [2.75, 3.05) is 12.8 Å². The van der Waals surface area contributed by atoms with Gasteiger partial charge in [0.25, 0.3) is 0 Å². The van der Waals surface area contributed by atoms with Crippen LogP contribution in [0.4, 0.5) is 0 Å². The summed E-state index contributed by atoms with van der Waals surface area (Å²) in [7, 11) is -3.23. The highest BCUT2D eigenvalue weighted by atomic mass is 32.2. The van der Waals surface area contributed by atoms with E-state index in [4.69, 9.17) is 5.73 Å². The Labute approximate surface area is 107 Å². The second-order valence-corrected chi connectivity index (χ2v) is 6.41. The summed E-state index contributed by atoms with van der Waals surface area (Å²) in [6.07, 6.45) is 3.32. The van der Waals surface area contributed by atoms with Crippen molar-refractivity contribution in [3.8, 4) is 0 Å². The Balaban J connectivity index is 2.41. The number of carbonyl (C=O) groups is 2. The maximum atomic E-state index is 11.3. The first-order valence-electron chi connectivity index (χ1n) is 5.80. The van der Waals surface area contributed by atoms with Crippen molar-refractivity contribution >= 4 is 21.8 Å². The van der Waals surface area contributed by atoms with Gasteiger partial charge in [0.2, 0.25) is 21.8 Å². The molecule has 104 valence electrons. The van der Waals surface area contributed by atoms with Crippen LogP contribution < -0.4 is 15.8 Å². The molecule has 18 heavy (non-hydrogen) atoms. The van der Waals surface area contributed by atoms with Crippen LogP contribution in [0.25, 0.3) is 0 Å². The average Bonchev–Trinajstić information content (AvgIpc) is 2.58. The van der Waals surface area contributed by atoms with Crippen LogP contribution in [0, 0.1) is 5.92 Å². The Morgan fingerprint density at radius 1 is 1.33 bits per heavy atom. The number of nitrogens with two attached hydrogens (primary N) is 1. The van der Waals surface area contributed by atoms with E-state index in [-0.39, 0.29) is 18.4 Å². The normalized spacial score (nSPS) is 23.8. The maximum absolute atomic E-state index is 11.3. The SMILES string of the molecule is CS(=O)(=O)NC1CCCC1CNC(=O)CC(N)=O. The molecule has 1 fully saturated rings. The van der Waals surface area contributed by atoms with Gasteiger partial charge in [0.15, 0.2) is 0 Å². The summed E-state index contributed by atoms with van der Waals surface area (Å²) in [5.74, 6) is -1.03. The van der Waals surface area contributed by atoms with Crippen LogP contribution in [0.15, 0.2) is 0 Å². The average molecular weight is 277 g/mol. The summed E-state index contributed by atoms with van der Waals surface area (Å²) in [6, 6.07) is -0.145. The van der Waals surface area contributed by atoms with E-state index in [1.54, 1.807) is 0 Å². The van der Waals surface area contributed by atoms with E-state index >= 15 is 0 Å². The van der Waals surface area contributed by atoms with Crippen LogP contribution in [-0.2, 0) is 19.6 Å². The smallest absolute Gasteiger partial charge is 0.229 e. The number of hydrogen-bond donors (Lipinski definition) is 3. The van der Waals surface area contributed by atoms with Gasteiger partial charge in [0.05, 0.1) is 6.26 Å². The van der Waals surface area contributed by atoms with E-state index < -0.39 is 21.8 Å². The molecule has 0 radical (unpaired) electrons. The quantitative estimate of drug-likeness (QED) is 0.523. The molecule has 2 atom stereocenters. The zero-order chi connectivity index (χ0) is 13.8. The molecule has 7 nitrogen and oxygen atoms in total. The number of primary amides is 1. The van der Waals surface area contributed by atoms with Crippen LogP contribution >= 0.6 is 0 Å². The standard InChI is InChI=1S/C10H19N3O4S/c1-18(16,17)13-8-4-2-3-7(8)6-12-10(15)5-9(11)14/h7-8,13H,2-6H2,1H3,(H2,11,14)(H,12,15). The molecule has 0 heterocycles. The maximum Gasteiger partial charge on any atom is 0.229 e. The van der Waals surface area contributed by atoms with Crippen LogP contribution in [0.2, 0.25) is 0 Å². The predicted octanol–water partition coefficient (Wildman–Crippen LogP) is -1.30. The molecule has 8 heteroatoms. The zero-order valence-electron chi connectivity index (χ0n) is 10.3. The van der Waals surface area contributed by atoms with Gasteiger partial charge in [-0.05, 0) is 18.8 Å². The summed E-state index contributed by atoms with van der Waals surface area (Å²) < 4.78 is 24.9. The molecule has 1 aliphatic carbocycles. The fourth-order valence-corrected chi connectivity index (χ4v) is 3.04. The summed E-state index contributed by atoms with van der Waals surface area (Å²) in [5.41, 5.74) is 4.90. The molecular weight excluding hydrogens is 258 g/mol. The van der Waals surface area contributed by atoms with Gasteiger partial charge in [0, 0.05) is 12.6 Å². The lowest BCUT2D eigenvalue weighted by Crippen LogP contribution is -2.42. The highest BCUT2D eigenvalue weighted by Crippen LogP contribution is 2.25. The highest BCUT2D eigenvalue weighted by Gasteiger charge is 2.29. The minimum atomic E-state index is -3.23. The Kier molecular flexibility index (Phi) is 5.09. The summed E-state index contributed by atoms with van der Waals surface area (Å²) in [4.78, 5) is 21.8. The molecule has 1 aliphatic rings. The van der Waals surface area contributed by atoms with Crippen LogP contribution in [0.5, 0.6) is 0 Å². The first-order chi connectivity index (χ1) is 8.28. The van der Waals surface area contributed by atoms with Crippen molar-refractivity contribution in [1.29, 1.82) is 0 Å². The van der Waals surface area contributed by atoms with Crippen molar-refractivity contribution in [3.05, 3.63) is 0 Å². The third-order valence-electron chi connectivity index (χ3n) is 2.92. The van der Waals surface area contributed by atoms with E-state index in [0.717, 1.165) is 25.5 Å².